The van der Waals surface area contributed by atoms with Crippen LogP contribution in [0.3, 0.4) is 0 Å². The van der Waals surface area contributed by atoms with Crippen LogP contribution in [0, 0.1) is 18.6 Å². The highest BCUT2D eigenvalue weighted by Gasteiger charge is 2.12. The fourth-order valence-corrected chi connectivity index (χ4v) is 1.79. The standard InChI is InChI=1S/C12H8BrF2N3O2/c1-5-6(11(19)20)4-16-12(17-5)18-10-3-8(14)7(13)2-9(10)15/h2-4H,1H3,(H,19,20)(H,16,17,18). The van der Waals surface area contributed by atoms with Gasteiger partial charge in [-0.2, -0.15) is 0 Å². The number of carboxylic acid groups (broad SMARTS) is 1. The van der Waals surface area contributed by atoms with Crippen molar-refractivity contribution in [1.82, 2.24) is 9.97 Å². The summed E-state index contributed by atoms with van der Waals surface area (Å²) in [4.78, 5) is 18.4. The monoisotopic (exact) mass is 343 g/mol. The van der Waals surface area contributed by atoms with Crippen molar-refractivity contribution in [3.05, 3.63) is 45.7 Å². The maximum Gasteiger partial charge on any atom is 0.339 e. The van der Waals surface area contributed by atoms with Gasteiger partial charge in [0.2, 0.25) is 5.95 Å². The van der Waals surface area contributed by atoms with E-state index in [1.807, 2.05) is 0 Å². The number of benzene rings is 1. The van der Waals surface area contributed by atoms with Crippen molar-refractivity contribution in [2.45, 2.75) is 6.92 Å². The van der Waals surface area contributed by atoms with Gasteiger partial charge in [0.15, 0.2) is 0 Å². The number of aryl methyl sites for hydroxylation is 1. The summed E-state index contributed by atoms with van der Waals surface area (Å²) in [5.41, 5.74) is 0.0131. The van der Waals surface area contributed by atoms with E-state index in [0.29, 0.717) is 0 Å². The summed E-state index contributed by atoms with van der Waals surface area (Å²) in [7, 11) is 0. The molecule has 1 heterocycles. The van der Waals surface area contributed by atoms with Gasteiger partial charge < -0.3 is 10.4 Å². The smallest absolute Gasteiger partial charge is 0.339 e. The maximum atomic E-state index is 13.6. The molecule has 5 nitrogen and oxygen atoms in total. The summed E-state index contributed by atoms with van der Waals surface area (Å²) in [5, 5.41) is 11.3. The van der Waals surface area contributed by atoms with Crippen LogP contribution >= 0.6 is 15.9 Å². The van der Waals surface area contributed by atoms with E-state index < -0.39 is 17.6 Å². The molecule has 0 aliphatic heterocycles. The van der Waals surface area contributed by atoms with Crippen LogP contribution in [0.1, 0.15) is 16.1 Å². The Bertz CT molecular complexity index is 695. The SMILES string of the molecule is Cc1nc(Nc2cc(F)c(Br)cc2F)ncc1C(=O)O. The molecule has 0 amide bonds. The molecule has 0 radical (unpaired) electrons. The first-order chi connectivity index (χ1) is 9.38. The molecule has 0 fully saturated rings. The number of carbonyl (C=O) groups is 1. The van der Waals surface area contributed by atoms with E-state index in [-0.39, 0.29) is 27.4 Å². The summed E-state index contributed by atoms with van der Waals surface area (Å²) in [6.45, 7) is 1.48. The highest BCUT2D eigenvalue weighted by Crippen LogP contribution is 2.25. The average molecular weight is 344 g/mol. The molecule has 104 valence electrons. The minimum atomic E-state index is -1.16. The molecule has 2 aromatic rings. The number of rotatable bonds is 3. The molecule has 0 spiro atoms. The Morgan fingerprint density at radius 2 is 2.05 bits per heavy atom. The second kappa shape index (κ2) is 5.49. The Labute approximate surface area is 120 Å². The fourth-order valence-electron chi connectivity index (χ4n) is 1.48. The quantitative estimate of drug-likeness (QED) is 0.836. The summed E-state index contributed by atoms with van der Waals surface area (Å²) >= 11 is 2.86. The first-order valence-corrected chi connectivity index (χ1v) is 6.16. The van der Waals surface area contributed by atoms with Crippen molar-refractivity contribution in [2.75, 3.05) is 5.32 Å². The number of anilines is 2. The van der Waals surface area contributed by atoms with Gasteiger partial charge in [0.05, 0.1) is 21.4 Å². The molecule has 0 atom stereocenters. The first-order valence-electron chi connectivity index (χ1n) is 5.37. The predicted octanol–water partition coefficient (Wildman–Crippen LogP) is 3.27. The summed E-state index contributed by atoms with van der Waals surface area (Å²) < 4.78 is 27.0. The number of hydrogen-bond acceptors (Lipinski definition) is 4. The lowest BCUT2D eigenvalue weighted by atomic mass is 10.2. The van der Waals surface area contributed by atoms with E-state index in [0.717, 1.165) is 18.3 Å². The molecule has 0 saturated carbocycles. The summed E-state index contributed by atoms with van der Waals surface area (Å²) in [6, 6.07) is 1.92. The van der Waals surface area contributed by atoms with Gasteiger partial charge in [-0.05, 0) is 28.9 Å². The summed E-state index contributed by atoms with van der Waals surface area (Å²) in [6.07, 6.45) is 1.10. The van der Waals surface area contributed by atoms with Gasteiger partial charge in [0.1, 0.15) is 11.6 Å². The van der Waals surface area contributed by atoms with Crippen LogP contribution in [0.5, 0.6) is 0 Å². The molecule has 8 heteroatoms. The van der Waals surface area contributed by atoms with Crippen molar-refractivity contribution in [3.63, 3.8) is 0 Å². The first kappa shape index (κ1) is 14.3. The Balaban J connectivity index is 2.33. The molecule has 1 aromatic carbocycles. The molecule has 0 unspecified atom stereocenters. The molecule has 0 bridgehead atoms. The van der Waals surface area contributed by atoms with Crippen molar-refractivity contribution >= 4 is 33.5 Å². The number of carboxylic acids is 1. The van der Waals surface area contributed by atoms with Crippen LogP contribution in [0.15, 0.2) is 22.8 Å². The lowest BCUT2D eigenvalue weighted by Gasteiger charge is -2.08. The van der Waals surface area contributed by atoms with Crippen LogP contribution in [-0.2, 0) is 0 Å². The Hall–Kier alpha value is -2.09. The van der Waals surface area contributed by atoms with Gasteiger partial charge in [-0.3, -0.25) is 0 Å². The molecule has 1 aromatic heterocycles. The van der Waals surface area contributed by atoms with Gasteiger partial charge in [-0.15, -0.1) is 0 Å². The van der Waals surface area contributed by atoms with E-state index in [1.165, 1.54) is 6.92 Å². The average Bonchev–Trinajstić information content (AvgIpc) is 2.35. The van der Waals surface area contributed by atoms with E-state index in [1.54, 1.807) is 0 Å². The van der Waals surface area contributed by atoms with Gasteiger partial charge in [-0.1, -0.05) is 0 Å². The maximum absolute atomic E-state index is 13.6. The second-order valence-corrected chi connectivity index (χ2v) is 4.72. The molecule has 2 rings (SSSR count). The fraction of sp³-hybridized carbons (Fsp3) is 0.0833. The number of aromatic nitrogens is 2. The van der Waals surface area contributed by atoms with Crippen LogP contribution in [0.2, 0.25) is 0 Å². The largest absolute Gasteiger partial charge is 0.478 e. The number of hydrogen-bond donors (Lipinski definition) is 2. The lowest BCUT2D eigenvalue weighted by Crippen LogP contribution is -2.06. The third-order valence-corrected chi connectivity index (χ3v) is 3.07. The lowest BCUT2D eigenvalue weighted by molar-refractivity contribution is 0.0695. The Morgan fingerprint density at radius 1 is 1.35 bits per heavy atom. The molecule has 0 aliphatic carbocycles. The Morgan fingerprint density at radius 3 is 2.65 bits per heavy atom. The topological polar surface area (TPSA) is 75.1 Å². The van der Waals surface area contributed by atoms with Crippen molar-refractivity contribution in [2.24, 2.45) is 0 Å². The highest BCUT2D eigenvalue weighted by atomic mass is 79.9. The molecule has 0 aliphatic rings. The van der Waals surface area contributed by atoms with Gasteiger partial charge in [-0.25, -0.2) is 23.5 Å². The van der Waals surface area contributed by atoms with Crippen LogP contribution in [0.4, 0.5) is 20.4 Å². The van der Waals surface area contributed by atoms with E-state index in [9.17, 15) is 13.6 Å². The second-order valence-electron chi connectivity index (χ2n) is 3.87. The predicted molar refractivity (Wildman–Crippen MR) is 71.1 cm³/mol. The van der Waals surface area contributed by atoms with E-state index in [4.69, 9.17) is 5.11 Å². The van der Waals surface area contributed by atoms with Gasteiger partial charge in [0.25, 0.3) is 0 Å². The number of halogens is 3. The normalized spacial score (nSPS) is 10.4. The van der Waals surface area contributed by atoms with Crippen LogP contribution < -0.4 is 5.32 Å². The van der Waals surface area contributed by atoms with Gasteiger partial charge in [0, 0.05) is 12.3 Å². The molecule has 2 N–H and O–H groups in total. The van der Waals surface area contributed by atoms with Crippen molar-refractivity contribution in [3.8, 4) is 0 Å². The third-order valence-electron chi connectivity index (χ3n) is 2.47. The van der Waals surface area contributed by atoms with E-state index in [2.05, 4.69) is 31.2 Å². The van der Waals surface area contributed by atoms with Crippen LogP contribution in [0.25, 0.3) is 0 Å². The molecular weight excluding hydrogens is 336 g/mol. The molecular formula is C12H8BrF2N3O2. The van der Waals surface area contributed by atoms with Crippen molar-refractivity contribution in [1.29, 1.82) is 0 Å². The van der Waals surface area contributed by atoms with E-state index >= 15 is 0 Å². The highest BCUT2D eigenvalue weighted by molar-refractivity contribution is 9.10. The zero-order chi connectivity index (χ0) is 14.9. The third kappa shape index (κ3) is 2.90. The number of nitrogens with one attached hydrogen (secondary N) is 1. The zero-order valence-electron chi connectivity index (χ0n) is 10.1. The minimum absolute atomic E-state index is 0.00104. The molecule has 0 saturated heterocycles. The Kier molecular flexibility index (Phi) is 3.93. The van der Waals surface area contributed by atoms with Gasteiger partial charge >= 0.3 is 5.97 Å². The number of nitrogens with zero attached hydrogens (tertiary/aromatic N) is 2. The van der Waals surface area contributed by atoms with Crippen molar-refractivity contribution < 1.29 is 18.7 Å². The zero-order valence-corrected chi connectivity index (χ0v) is 11.7. The number of aromatic carboxylic acids is 1. The summed E-state index contributed by atoms with van der Waals surface area (Å²) in [5.74, 6) is -2.52. The van der Waals surface area contributed by atoms with Crippen LogP contribution in [-0.4, -0.2) is 21.0 Å². The minimum Gasteiger partial charge on any atom is -0.478 e. The molecule has 20 heavy (non-hydrogen) atoms.